The Labute approximate surface area is 214 Å². The molecule has 36 heavy (non-hydrogen) atoms. The van der Waals surface area contributed by atoms with Crippen LogP contribution >= 0.6 is 12.2 Å². The number of ether oxygens (including phenoxy) is 1. The number of para-hydroxylation sites is 2. The molecule has 0 aliphatic carbocycles. The van der Waals surface area contributed by atoms with Crippen molar-refractivity contribution in [2.45, 2.75) is 9.79 Å². The Morgan fingerprint density at radius 2 is 1.39 bits per heavy atom. The first-order valence-electron chi connectivity index (χ1n) is 10.8. The van der Waals surface area contributed by atoms with Gasteiger partial charge in [0.25, 0.3) is 10.0 Å². The van der Waals surface area contributed by atoms with Gasteiger partial charge in [0.15, 0.2) is 5.11 Å². The minimum atomic E-state index is -3.96. The van der Waals surface area contributed by atoms with Gasteiger partial charge in [-0.2, -0.15) is 4.31 Å². The van der Waals surface area contributed by atoms with Crippen molar-refractivity contribution >= 4 is 54.4 Å². The summed E-state index contributed by atoms with van der Waals surface area (Å²) < 4.78 is 73.2. The molecule has 1 saturated heterocycles. The zero-order chi connectivity index (χ0) is 25.8. The average Bonchev–Trinajstić information content (AvgIpc) is 2.86. The molecule has 13 heteroatoms. The maximum absolute atomic E-state index is 13.2. The second-order valence-corrected chi connectivity index (χ2v) is 11.8. The van der Waals surface area contributed by atoms with Gasteiger partial charge in [-0.1, -0.05) is 12.1 Å². The van der Waals surface area contributed by atoms with Gasteiger partial charge in [-0.3, -0.25) is 4.72 Å². The average molecular weight is 551 g/mol. The molecule has 0 bridgehead atoms. The highest BCUT2D eigenvalue weighted by atomic mass is 32.2. The number of halogens is 1. The van der Waals surface area contributed by atoms with E-state index in [-0.39, 0.29) is 20.6 Å². The van der Waals surface area contributed by atoms with Crippen molar-refractivity contribution in [1.82, 2.24) is 4.31 Å². The normalized spacial score (nSPS) is 14.7. The standard InChI is InChI=1S/C23H23FN4O5S3/c24-17-5-9-19(10-6-17)35(29,30)27-22-4-2-1-3-21(22)26-23(34)25-18-7-11-20(12-8-18)36(31,32)28-13-15-33-16-14-28/h1-12,27H,13-16H2,(H2,25,26,34). The SMILES string of the molecule is O=S(=O)(Nc1ccccc1NC(=S)Nc1ccc(S(=O)(=O)N2CCOCC2)cc1)c1ccc(F)cc1. The fourth-order valence-electron chi connectivity index (χ4n) is 3.43. The lowest BCUT2D eigenvalue weighted by molar-refractivity contribution is 0.0730. The summed E-state index contributed by atoms with van der Waals surface area (Å²) in [6.07, 6.45) is 0. The van der Waals surface area contributed by atoms with Gasteiger partial charge in [-0.15, -0.1) is 0 Å². The predicted molar refractivity (Wildman–Crippen MR) is 140 cm³/mol. The molecule has 1 aliphatic heterocycles. The van der Waals surface area contributed by atoms with E-state index in [0.717, 1.165) is 12.1 Å². The molecule has 0 spiro atoms. The highest BCUT2D eigenvalue weighted by molar-refractivity contribution is 7.92. The van der Waals surface area contributed by atoms with Crippen molar-refractivity contribution in [3.8, 4) is 0 Å². The molecule has 3 aromatic rings. The van der Waals surface area contributed by atoms with Gasteiger partial charge in [-0.25, -0.2) is 21.2 Å². The van der Waals surface area contributed by atoms with Gasteiger partial charge in [0.1, 0.15) is 5.82 Å². The van der Waals surface area contributed by atoms with E-state index in [1.54, 1.807) is 36.4 Å². The fourth-order valence-corrected chi connectivity index (χ4v) is 6.14. The summed E-state index contributed by atoms with van der Waals surface area (Å²) in [5.41, 5.74) is 1.16. The van der Waals surface area contributed by atoms with Gasteiger partial charge < -0.3 is 15.4 Å². The third kappa shape index (κ3) is 6.17. The van der Waals surface area contributed by atoms with Gasteiger partial charge >= 0.3 is 0 Å². The van der Waals surface area contributed by atoms with Gasteiger partial charge in [0.05, 0.1) is 34.4 Å². The molecule has 1 aliphatic rings. The highest BCUT2D eigenvalue weighted by Crippen LogP contribution is 2.25. The zero-order valence-corrected chi connectivity index (χ0v) is 21.3. The third-order valence-electron chi connectivity index (χ3n) is 5.26. The van der Waals surface area contributed by atoms with Crippen LogP contribution in [0.15, 0.2) is 82.6 Å². The summed E-state index contributed by atoms with van der Waals surface area (Å²) in [5.74, 6) is -0.542. The molecule has 9 nitrogen and oxygen atoms in total. The number of hydrogen-bond acceptors (Lipinski definition) is 6. The molecule has 4 rings (SSSR count). The molecule has 3 aromatic carbocycles. The van der Waals surface area contributed by atoms with E-state index in [0.29, 0.717) is 37.7 Å². The number of thiocarbonyl (C=S) groups is 1. The van der Waals surface area contributed by atoms with E-state index >= 15 is 0 Å². The van der Waals surface area contributed by atoms with E-state index in [4.69, 9.17) is 17.0 Å². The van der Waals surface area contributed by atoms with Crippen LogP contribution < -0.4 is 15.4 Å². The van der Waals surface area contributed by atoms with Gasteiger partial charge in [0.2, 0.25) is 10.0 Å². The van der Waals surface area contributed by atoms with Crippen LogP contribution in [0.3, 0.4) is 0 Å². The molecule has 1 fully saturated rings. The molecule has 0 saturated carbocycles. The minimum Gasteiger partial charge on any atom is -0.379 e. The summed E-state index contributed by atoms with van der Waals surface area (Å²) in [5, 5.41) is 6.04. The van der Waals surface area contributed by atoms with Crippen LogP contribution in [0.25, 0.3) is 0 Å². The van der Waals surface area contributed by atoms with Crippen LogP contribution in [0.5, 0.6) is 0 Å². The second-order valence-electron chi connectivity index (χ2n) is 7.72. The van der Waals surface area contributed by atoms with Crippen molar-refractivity contribution in [1.29, 1.82) is 0 Å². The molecule has 0 amide bonds. The van der Waals surface area contributed by atoms with Crippen molar-refractivity contribution in [3.63, 3.8) is 0 Å². The molecular formula is C23H23FN4O5S3. The monoisotopic (exact) mass is 550 g/mol. The van der Waals surface area contributed by atoms with Crippen LogP contribution in [0, 0.1) is 5.82 Å². The molecule has 0 unspecified atom stereocenters. The first-order chi connectivity index (χ1) is 17.1. The van der Waals surface area contributed by atoms with Crippen LogP contribution in [-0.2, 0) is 24.8 Å². The number of nitrogens with zero attached hydrogens (tertiary/aromatic N) is 1. The number of morpholine rings is 1. The first-order valence-corrected chi connectivity index (χ1v) is 14.1. The summed E-state index contributed by atoms with van der Waals surface area (Å²) in [6.45, 7) is 1.34. The third-order valence-corrected chi connectivity index (χ3v) is 8.76. The van der Waals surface area contributed by atoms with E-state index in [1.165, 1.54) is 28.6 Å². The lowest BCUT2D eigenvalue weighted by atomic mass is 10.3. The van der Waals surface area contributed by atoms with Crippen molar-refractivity contribution in [2.75, 3.05) is 41.7 Å². The van der Waals surface area contributed by atoms with Crippen LogP contribution in [0.2, 0.25) is 0 Å². The summed E-state index contributed by atoms with van der Waals surface area (Å²) in [4.78, 5) is 0.0703. The van der Waals surface area contributed by atoms with Crippen LogP contribution in [0.1, 0.15) is 0 Å². The summed E-state index contributed by atoms with van der Waals surface area (Å²) in [6, 6.07) is 17.2. The second kappa shape index (κ2) is 10.9. The molecule has 190 valence electrons. The number of rotatable bonds is 7. The van der Waals surface area contributed by atoms with Gasteiger partial charge in [-0.05, 0) is 72.9 Å². The van der Waals surface area contributed by atoms with Crippen molar-refractivity contribution in [3.05, 3.63) is 78.6 Å². The highest BCUT2D eigenvalue weighted by Gasteiger charge is 2.26. The Balaban J connectivity index is 1.43. The molecule has 0 atom stereocenters. The number of anilines is 3. The van der Waals surface area contributed by atoms with Crippen LogP contribution in [-0.4, -0.2) is 52.6 Å². The number of benzene rings is 3. The minimum absolute atomic E-state index is 0.0912. The smallest absolute Gasteiger partial charge is 0.261 e. The number of sulfonamides is 2. The van der Waals surface area contributed by atoms with Gasteiger partial charge in [0, 0.05) is 18.8 Å². The molecule has 0 aromatic heterocycles. The fraction of sp³-hybridized carbons (Fsp3) is 0.174. The summed E-state index contributed by atoms with van der Waals surface area (Å²) >= 11 is 5.35. The summed E-state index contributed by atoms with van der Waals surface area (Å²) in [7, 11) is -7.58. The lowest BCUT2D eigenvalue weighted by Gasteiger charge is -2.26. The topological polar surface area (TPSA) is 117 Å². The van der Waals surface area contributed by atoms with E-state index in [2.05, 4.69) is 15.4 Å². The molecule has 3 N–H and O–H groups in total. The van der Waals surface area contributed by atoms with E-state index < -0.39 is 25.9 Å². The Bertz CT molecular complexity index is 1440. The Kier molecular flexibility index (Phi) is 7.85. The zero-order valence-electron chi connectivity index (χ0n) is 18.8. The van der Waals surface area contributed by atoms with Crippen molar-refractivity contribution in [2.24, 2.45) is 0 Å². The lowest BCUT2D eigenvalue weighted by Crippen LogP contribution is -2.40. The maximum atomic E-state index is 13.2. The molecule has 0 radical (unpaired) electrons. The predicted octanol–water partition coefficient (Wildman–Crippen LogP) is 3.46. The van der Waals surface area contributed by atoms with Crippen LogP contribution in [0.4, 0.5) is 21.5 Å². The Morgan fingerprint density at radius 1 is 0.806 bits per heavy atom. The molecule has 1 heterocycles. The number of nitrogens with one attached hydrogen (secondary N) is 3. The van der Waals surface area contributed by atoms with E-state index in [9.17, 15) is 21.2 Å². The quantitative estimate of drug-likeness (QED) is 0.383. The Morgan fingerprint density at radius 3 is 2.03 bits per heavy atom. The largest absolute Gasteiger partial charge is 0.379 e. The van der Waals surface area contributed by atoms with Crippen molar-refractivity contribution < 1.29 is 26.0 Å². The number of hydrogen-bond donors (Lipinski definition) is 3. The first kappa shape index (κ1) is 26.0. The van der Waals surface area contributed by atoms with E-state index in [1.807, 2.05) is 0 Å². The maximum Gasteiger partial charge on any atom is 0.261 e. The molecular weight excluding hydrogens is 527 g/mol. The Hall–Kier alpha value is -3.10.